The first-order chi connectivity index (χ1) is 8.29. The molecule has 0 radical (unpaired) electrons. The Morgan fingerprint density at radius 2 is 2.00 bits per heavy atom. The van der Waals surface area contributed by atoms with Gasteiger partial charge in [-0.25, -0.2) is 9.67 Å². The molecule has 0 aliphatic rings. The predicted octanol–water partition coefficient (Wildman–Crippen LogP) is 2.19. The number of halogens is 3. The molecule has 0 amide bonds. The molecule has 0 saturated carbocycles. The maximum atomic E-state index is 12.0. The van der Waals surface area contributed by atoms with Gasteiger partial charge in [-0.3, -0.25) is 0 Å². The van der Waals surface area contributed by atoms with Crippen molar-refractivity contribution in [2.45, 2.75) is 39.4 Å². The van der Waals surface area contributed by atoms with Crippen molar-refractivity contribution in [3.05, 3.63) is 12.2 Å². The van der Waals surface area contributed by atoms with Crippen molar-refractivity contribution in [3.63, 3.8) is 0 Å². The van der Waals surface area contributed by atoms with Crippen LogP contribution in [0.5, 0.6) is 0 Å². The van der Waals surface area contributed by atoms with Crippen LogP contribution in [0.1, 0.15) is 32.6 Å². The van der Waals surface area contributed by atoms with Crippen LogP contribution in [0.25, 0.3) is 0 Å². The minimum absolute atomic E-state index is 0.0778. The van der Waals surface area contributed by atoms with Gasteiger partial charge in [0.25, 0.3) is 0 Å². The lowest BCUT2D eigenvalue weighted by Gasteiger charge is -2.15. The molecule has 1 heterocycles. The van der Waals surface area contributed by atoms with Crippen LogP contribution < -0.4 is 5.32 Å². The van der Waals surface area contributed by atoms with Gasteiger partial charge in [-0.2, -0.15) is 18.3 Å². The van der Waals surface area contributed by atoms with E-state index in [2.05, 4.69) is 15.4 Å². The summed E-state index contributed by atoms with van der Waals surface area (Å²) < 4.78 is 37.7. The van der Waals surface area contributed by atoms with Crippen molar-refractivity contribution in [1.29, 1.82) is 0 Å². The summed E-state index contributed by atoms with van der Waals surface area (Å²) in [5, 5.41) is 6.50. The van der Waals surface area contributed by atoms with Gasteiger partial charge in [-0.1, -0.05) is 6.92 Å². The Morgan fingerprint density at radius 3 is 2.56 bits per heavy atom. The molecule has 1 atom stereocenters. The average molecular weight is 264 g/mol. The van der Waals surface area contributed by atoms with Crippen LogP contribution in [0.4, 0.5) is 13.2 Å². The van der Waals surface area contributed by atoms with Crippen LogP contribution in [0.3, 0.4) is 0 Å². The summed E-state index contributed by atoms with van der Waals surface area (Å²) in [5.74, 6) is 0.889. The molecule has 1 N–H and O–H groups in total. The molecule has 0 aromatic carbocycles. The van der Waals surface area contributed by atoms with Crippen LogP contribution in [-0.4, -0.2) is 34.0 Å². The highest BCUT2D eigenvalue weighted by molar-refractivity contribution is 4.88. The quantitative estimate of drug-likeness (QED) is 0.856. The zero-order chi connectivity index (χ0) is 13.8. The van der Waals surface area contributed by atoms with Gasteiger partial charge in [0.2, 0.25) is 0 Å². The third-order valence-corrected chi connectivity index (χ3v) is 2.49. The largest absolute Gasteiger partial charge is 0.401 e. The summed E-state index contributed by atoms with van der Waals surface area (Å²) >= 11 is 0. The number of nitrogens with one attached hydrogen (secondary N) is 1. The Bertz CT molecular complexity index is 359. The van der Waals surface area contributed by atoms with Crippen LogP contribution in [0.2, 0.25) is 0 Å². The molecule has 1 rings (SSSR count). The first kappa shape index (κ1) is 14.9. The summed E-state index contributed by atoms with van der Waals surface area (Å²) in [6, 6.07) is 0.206. The van der Waals surface area contributed by atoms with Gasteiger partial charge < -0.3 is 5.32 Å². The van der Waals surface area contributed by atoms with Crippen LogP contribution in [-0.2, 0) is 6.42 Å². The number of hydrogen-bond donors (Lipinski definition) is 1. The molecule has 0 aliphatic heterocycles. The van der Waals surface area contributed by atoms with Crippen molar-refractivity contribution < 1.29 is 13.2 Å². The standard InChI is InChI=1S/C11H19F3N4/c1-8(2)18-10(16-7-17-18)4-9(3)5-15-6-11(12,13)14/h7-9,15H,4-6H2,1-3H3. The minimum Gasteiger partial charge on any atom is -0.308 e. The van der Waals surface area contributed by atoms with Crippen LogP contribution >= 0.6 is 0 Å². The lowest BCUT2D eigenvalue weighted by molar-refractivity contribution is -0.125. The van der Waals surface area contributed by atoms with E-state index in [1.807, 2.05) is 20.8 Å². The molecule has 0 spiro atoms. The Morgan fingerprint density at radius 1 is 1.33 bits per heavy atom. The SMILES string of the molecule is CC(CNCC(F)(F)F)Cc1ncnn1C(C)C. The molecule has 1 aromatic heterocycles. The molecule has 0 bridgehead atoms. The molecular formula is C11H19F3N4. The molecule has 104 valence electrons. The monoisotopic (exact) mass is 264 g/mol. The molecular weight excluding hydrogens is 245 g/mol. The topological polar surface area (TPSA) is 42.7 Å². The van der Waals surface area contributed by atoms with Gasteiger partial charge in [0, 0.05) is 12.5 Å². The highest BCUT2D eigenvalue weighted by atomic mass is 19.4. The van der Waals surface area contributed by atoms with E-state index in [0.717, 1.165) is 5.82 Å². The van der Waals surface area contributed by atoms with E-state index >= 15 is 0 Å². The Labute approximate surface area is 105 Å². The van der Waals surface area contributed by atoms with E-state index in [9.17, 15) is 13.2 Å². The van der Waals surface area contributed by atoms with Crippen molar-refractivity contribution in [2.75, 3.05) is 13.1 Å². The molecule has 0 fully saturated rings. The predicted molar refractivity (Wildman–Crippen MR) is 62.2 cm³/mol. The maximum Gasteiger partial charge on any atom is 0.401 e. The second-order valence-electron chi connectivity index (χ2n) is 4.77. The van der Waals surface area contributed by atoms with Gasteiger partial charge in [-0.15, -0.1) is 0 Å². The first-order valence-electron chi connectivity index (χ1n) is 5.95. The number of alkyl halides is 3. The highest BCUT2D eigenvalue weighted by Crippen LogP contribution is 2.13. The van der Waals surface area contributed by atoms with Gasteiger partial charge >= 0.3 is 6.18 Å². The Kier molecular flexibility index (Phi) is 5.13. The summed E-state index contributed by atoms with van der Waals surface area (Å²) in [6.07, 6.45) is -2.06. The Balaban J connectivity index is 2.40. The molecule has 7 heteroatoms. The highest BCUT2D eigenvalue weighted by Gasteiger charge is 2.26. The molecule has 4 nitrogen and oxygen atoms in total. The first-order valence-corrected chi connectivity index (χ1v) is 5.95. The molecule has 0 aliphatic carbocycles. The zero-order valence-corrected chi connectivity index (χ0v) is 10.8. The van der Waals surface area contributed by atoms with Gasteiger partial charge in [-0.05, 0) is 26.3 Å². The van der Waals surface area contributed by atoms with E-state index < -0.39 is 12.7 Å². The summed E-state index contributed by atoms with van der Waals surface area (Å²) in [6.45, 7) is 5.23. The smallest absolute Gasteiger partial charge is 0.308 e. The molecule has 1 aromatic rings. The van der Waals surface area contributed by atoms with Crippen molar-refractivity contribution in [2.24, 2.45) is 5.92 Å². The van der Waals surface area contributed by atoms with Crippen molar-refractivity contribution >= 4 is 0 Å². The third-order valence-electron chi connectivity index (χ3n) is 2.49. The maximum absolute atomic E-state index is 12.0. The lowest BCUT2D eigenvalue weighted by atomic mass is 10.1. The van der Waals surface area contributed by atoms with E-state index in [0.29, 0.717) is 13.0 Å². The lowest BCUT2D eigenvalue weighted by Crippen LogP contribution is -2.32. The fourth-order valence-electron chi connectivity index (χ4n) is 1.70. The number of aromatic nitrogens is 3. The van der Waals surface area contributed by atoms with Crippen molar-refractivity contribution in [3.8, 4) is 0 Å². The van der Waals surface area contributed by atoms with Crippen LogP contribution in [0, 0.1) is 5.92 Å². The van der Waals surface area contributed by atoms with E-state index in [1.165, 1.54) is 6.33 Å². The van der Waals surface area contributed by atoms with Gasteiger partial charge in [0.15, 0.2) is 0 Å². The van der Waals surface area contributed by atoms with Gasteiger partial charge in [0.1, 0.15) is 12.2 Å². The summed E-state index contributed by atoms with van der Waals surface area (Å²) in [5.41, 5.74) is 0. The third kappa shape index (κ3) is 5.03. The number of rotatable bonds is 6. The molecule has 1 unspecified atom stereocenters. The second-order valence-corrected chi connectivity index (χ2v) is 4.77. The van der Waals surface area contributed by atoms with E-state index in [-0.39, 0.29) is 12.0 Å². The minimum atomic E-state index is -4.16. The van der Waals surface area contributed by atoms with Crippen molar-refractivity contribution in [1.82, 2.24) is 20.1 Å². The molecule has 0 saturated heterocycles. The van der Waals surface area contributed by atoms with E-state index in [1.54, 1.807) is 4.68 Å². The van der Waals surface area contributed by atoms with Gasteiger partial charge in [0.05, 0.1) is 6.54 Å². The zero-order valence-electron chi connectivity index (χ0n) is 10.8. The summed E-state index contributed by atoms with van der Waals surface area (Å²) in [4.78, 5) is 4.14. The van der Waals surface area contributed by atoms with E-state index in [4.69, 9.17) is 0 Å². The van der Waals surface area contributed by atoms with Crippen LogP contribution in [0.15, 0.2) is 6.33 Å². The summed E-state index contributed by atoms with van der Waals surface area (Å²) in [7, 11) is 0. The average Bonchev–Trinajstić information content (AvgIpc) is 2.63. The molecule has 18 heavy (non-hydrogen) atoms. The number of hydrogen-bond acceptors (Lipinski definition) is 3. The fourth-order valence-corrected chi connectivity index (χ4v) is 1.70. The number of nitrogens with zero attached hydrogens (tertiary/aromatic N) is 3. The second kappa shape index (κ2) is 6.17. The fraction of sp³-hybridized carbons (Fsp3) is 0.818. The normalized spacial score (nSPS) is 14.2. The Hall–Kier alpha value is -1.11.